The second-order valence-electron chi connectivity index (χ2n) is 10.5. The van der Waals surface area contributed by atoms with Gasteiger partial charge >= 0.3 is 0 Å². The van der Waals surface area contributed by atoms with E-state index >= 15 is 0 Å². The summed E-state index contributed by atoms with van der Waals surface area (Å²) in [4.78, 5) is 18.2. The van der Waals surface area contributed by atoms with Crippen molar-refractivity contribution in [3.63, 3.8) is 0 Å². The van der Waals surface area contributed by atoms with Gasteiger partial charge < -0.3 is 4.74 Å². The van der Waals surface area contributed by atoms with E-state index in [2.05, 4.69) is 34.0 Å². The van der Waals surface area contributed by atoms with Crippen LogP contribution in [-0.2, 0) is 28.5 Å². The van der Waals surface area contributed by atoms with E-state index in [0.717, 1.165) is 34.2 Å². The molecule has 0 saturated heterocycles. The fourth-order valence-corrected chi connectivity index (χ4v) is 7.32. The summed E-state index contributed by atoms with van der Waals surface area (Å²) in [7, 11) is 0.758. The lowest BCUT2D eigenvalue weighted by atomic mass is 9.70. The summed E-state index contributed by atoms with van der Waals surface area (Å²) >= 11 is 3.55. The number of nitrogens with zero attached hydrogens (tertiary/aromatic N) is 5. The maximum atomic E-state index is 13.5. The number of carbonyl (C=O) groups is 1. The smallest absolute Gasteiger partial charge is 0.246 e. The van der Waals surface area contributed by atoms with Crippen molar-refractivity contribution in [2.24, 2.45) is 23.9 Å². The molecule has 0 radical (unpaired) electrons. The van der Waals surface area contributed by atoms with Crippen molar-refractivity contribution in [2.75, 3.05) is 14.1 Å². The van der Waals surface area contributed by atoms with Crippen LogP contribution >= 0.6 is 15.9 Å². The molecule has 1 aromatic heterocycles. The number of hydrogen-bond donors (Lipinski definition) is 0. The Morgan fingerprint density at radius 1 is 1.23 bits per heavy atom. The Morgan fingerprint density at radius 3 is 2.54 bits per heavy atom. The summed E-state index contributed by atoms with van der Waals surface area (Å²) in [6.07, 6.45) is 3.00. The zero-order chi connectivity index (χ0) is 28.6. The van der Waals surface area contributed by atoms with Crippen LogP contribution in [0.1, 0.15) is 62.4 Å². The number of sulfonamides is 1. The summed E-state index contributed by atoms with van der Waals surface area (Å²) in [6, 6.07) is 7.52. The van der Waals surface area contributed by atoms with Crippen LogP contribution in [0.3, 0.4) is 0 Å². The molecule has 1 aliphatic carbocycles. The van der Waals surface area contributed by atoms with Gasteiger partial charge in [0.05, 0.1) is 27.8 Å². The van der Waals surface area contributed by atoms with Crippen LogP contribution in [0.25, 0.3) is 0 Å². The van der Waals surface area contributed by atoms with Crippen molar-refractivity contribution in [2.45, 2.75) is 63.9 Å². The molecule has 0 fully saturated rings. The molecule has 208 valence electrons. The second-order valence-corrected chi connectivity index (χ2v) is 13.5. The number of halogens is 1. The van der Waals surface area contributed by atoms with Crippen LogP contribution in [0, 0.1) is 30.1 Å². The van der Waals surface area contributed by atoms with Gasteiger partial charge in [-0.05, 0) is 72.3 Å². The van der Waals surface area contributed by atoms with E-state index in [1.807, 2.05) is 13.0 Å². The molecule has 2 aliphatic rings. The zero-order valence-corrected chi connectivity index (χ0v) is 25.6. The summed E-state index contributed by atoms with van der Waals surface area (Å²) in [5.41, 5.74) is 4.04. The molecule has 0 bridgehead atoms. The van der Waals surface area contributed by atoms with Crippen molar-refractivity contribution in [3.05, 3.63) is 50.9 Å². The molecule has 0 amide bonds. The van der Waals surface area contributed by atoms with Crippen molar-refractivity contribution in [1.82, 2.24) is 14.1 Å². The first kappa shape index (κ1) is 29.2. The Kier molecular flexibility index (Phi) is 8.50. The monoisotopic (exact) mass is 615 g/mol. The van der Waals surface area contributed by atoms with Gasteiger partial charge in [0.2, 0.25) is 10.0 Å². The molecule has 11 heteroatoms. The molecule has 2 aromatic rings. The average molecular weight is 617 g/mol. The van der Waals surface area contributed by atoms with Crippen LogP contribution in [0.4, 0.5) is 0 Å². The lowest BCUT2D eigenvalue weighted by Crippen LogP contribution is -2.33. The Bertz CT molecular complexity index is 1520. The molecule has 1 aromatic carbocycles. The summed E-state index contributed by atoms with van der Waals surface area (Å²) < 4.78 is 36.4. The van der Waals surface area contributed by atoms with Crippen LogP contribution in [0.2, 0.25) is 0 Å². The van der Waals surface area contributed by atoms with Crippen LogP contribution in [-0.4, -0.2) is 48.1 Å². The van der Waals surface area contributed by atoms with E-state index in [-0.39, 0.29) is 29.0 Å². The standard InChI is InChI=1S/C28H34BrN5O4S/c1-7-8-18-10-23-27(24(35)11-18)26(21(14-30)17(3)31-23)19-12-22(29)28(25(13-19)39(36,37)33(4)5)38-15-20-9-16(2)32-34(20)6/h9,12-13,18,21,26H,7-8,10-11,15H2,1-6H3. The predicted octanol–water partition coefficient (Wildman–Crippen LogP) is 5.05. The average Bonchev–Trinajstić information content (AvgIpc) is 3.18. The Labute approximate surface area is 238 Å². The van der Waals surface area contributed by atoms with Gasteiger partial charge in [0, 0.05) is 50.5 Å². The molecule has 0 spiro atoms. The van der Waals surface area contributed by atoms with E-state index in [1.165, 1.54) is 14.1 Å². The highest BCUT2D eigenvalue weighted by Gasteiger charge is 2.42. The number of aryl methyl sites for hydroxylation is 2. The first-order chi connectivity index (χ1) is 18.4. The number of aliphatic imine (C=N–C) groups is 1. The molecule has 2 heterocycles. The Balaban J connectivity index is 1.86. The second kappa shape index (κ2) is 11.4. The quantitative estimate of drug-likeness (QED) is 0.410. The van der Waals surface area contributed by atoms with Gasteiger partial charge in [-0.2, -0.15) is 10.4 Å². The minimum atomic E-state index is -3.96. The predicted molar refractivity (Wildman–Crippen MR) is 152 cm³/mol. The molecule has 3 atom stereocenters. The third-order valence-corrected chi connectivity index (χ3v) is 9.83. The number of ketones is 1. The van der Waals surface area contributed by atoms with Gasteiger partial charge in [-0.3, -0.25) is 14.5 Å². The molecule has 3 unspecified atom stereocenters. The maximum Gasteiger partial charge on any atom is 0.246 e. The highest BCUT2D eigenvalue weighted by molar-refractivity contribution is 9.10. The van der Waals surface area contributed by atoms with Crippen molar-refractivity contribution in [3.8, 4) is 11.8 Å². The van der Waals surface area contributed by atoms with Gasteiger partial charge in [0.15, 0.2) is 11.5 Å². The molecule has 0 saturated carbocycles. The normalized spacial score (nSPS) is 21.6. The number of allylic oxidation sites excluding steroid dienone is 2. The van der Waals surface area contributed by atoms with E-state index in [9.17, 15) is 18.5 Å². The molecular weight excluding hydrogens is 582 g/mol. The first-order valence-corrected chi connectivity index (χ1v) is 15.2. The number of nitriles is 1. The molecule has 9 nitrogen and oxygen atoms in total. The number of benzene rings is 1. The Morgan fingerprint density at radius 2 is 1.95 bits per heavy atom. The SMILES string of the molecule is CCCC1CC(=O)C2=C(C1)N=C(C)C(C#N)C2c1cc(Br)c(OCc2cc(C)nn2C)c(S(=O)(=O)N(C)C)c1. The fourth-order valence-electron chi connectivity index (χ4n) is 5.52. The molecule has 4 rings (SSSR count). The zero-order valence-electron chi connectivity index (χ0n) is 23.2. The van der Waals surface area contributed by atoms with E-state index in [4.69, 9.17) is 9.73 Å². The fraction of sp³-hybridized carbons (Fsp3) is 0.500. The number of carbonyl (C=O) groups excluding carboxylic acids is 1. The summed E-state index contributed by atoms with van der Waals surface area (Å²) in [5, 5.41) is 14.5. The van der Waals surface area contributed by atoms with E-state index < -0.39 is 21.9 Å². The molecule has 0 N–H and O–H groups in total. The van der Waals surface area contributed by atoms with Crippen LogP contribution in [0.5, 0.6) is 5.75 Å². The highest BCUT2D eigenvalue weighted by atomic mass is 79.9. The third-order valence-electron chi connectivity index (χ3n) is 7.42. The first-order valence-electron chi connectivity index (χ1n) is 13.0. The number of ether oxygens (including phenoxy) is 1. The van der Waals surface area contributed by atoms with Gasteiger partial charge in [-0.25, -0.2) is 12.7 Å². The van der Waals surface area contributed by atoms with Crippen LogP contribution < -0.4 is 4.74 Å². The van der Waals surface area contributed by atoms with Crippen molar-refractivity contribution in [1.29, 1.82) is 5.26 Å². The Hall–Kier alpha value is -2.81. The van der Waals surface area contributed by atoms with Crippen molar-refractivity contribution >= 4 is 37.4 Å². The molecular formula is C28H34BrN5O4S. The van der Waals surface area contributed by atoms with Crippen LogP contribution in [0.15, 0.2) is 43.8 Å². The number of hydrogen-bond acceptors (Lipinski definition) is 7. The third kappa shape index (κ3) is 5.60. The van der Waals surface area contributed by atoms with E-state index in [0.29, 0.717) is 34.2 Å². The largest absolute Gasteiger partial charge is 0.485 e. The van der Waals surface area contributed by atoms with Gasteiger partial charge in [-0.15, -0.1) is 0 Å². The van der Waals surface area contributed by atoms with E-state index in [1.54, 1.807) is 30.8 Å². The molecule has 1 aliphatic heterocycles. The van der Waals surface area contributed by atoms with Crippen molar-refractivity contribution < 1.29 is 17.9 Å². The van der Waals surface area contributed by atoms with Gasteiger partial charge in [0.25, 0.3) is 0 Å². The number of aromatic nitrogens is 2. The van der Waals surface area contributed by atoms with Gasteiger partial charge in [-0.1, -0.05) is 13.3 Å². The topological polar surface area (TPSA) is 118 Å². The minimum absolute atomic E-state index is 0.0174. The maximum absolute atomic E-state index is 13.5. The lowest BCUT2D eigenvalue weighted by Gasteiger charge is -2.35. The minimum Gasteiger partial charge on any atom is -0.485 e. The highest BCUT2D eigenvalue weighted by Crippen LogP contribution is 2.47. The molecule has 39 heavy (non-hydrogen) atoms. The number of rotatable bonds is 8. The lowest BCUT2D eigenvalue weighted by molar-refractivity contribution is -0.117. The summed E-state index contributed by atoms with van der Waals surface area (Å²) in [5.74, 6) is -0.954. The number of Topliss-reactive ketones (excluding diaryl/α,β-unsaturated/α-hetero) is 1. The summed E-state index contributed by atoms with van der Waals surface area (Å²) in [6.45, 7) is 5.88. The van der Waals surface area contributed by atoms with Gasteiger partial charge in [0.1, 0.15) is 11.5 Å².